The molecule has 1 nitrogen and oxygen atoms in total. The molecule has 7 rings (SSSR count). The van der Waals surface area contributed by atoms with Crippen molar-refractivity contribution in [3.63, 3.8) is 0 Å². The first-order valence-corrected chi connectivity index (χ1v) is 11.0. The fourth-order valence-corrected chi connectivity index (χ4v) is 5.68. The maximum absolute atomic E-state index is 6.46. The molecule has 1 aliphatic heterocycles. The Morgan fingerprint density at radius 2 is 1.83 bits per heavy atom. The highest BCUT2D eigenvalue weighted by atomic mass is 16.5. The summed E-state index contributed by atoms with van der Waals surface area (Å²) in [5, 5.41) is 5.32. The lowest BCUT2D eigenvalue weighted by molar-refractivity contribution is 0.258. The number of ether oxygens (including phenoxy) is 1. The van der Waals surface area contributed by atoms with Gasteiger partial charge in [0, 0.05) is 11.1 Å². The summed E-state index contributed by atoms with van der Waals surface area (Å²) in [4.78, 5) is 0. The van der Waals surface area contributed by atoms with E-state index in [0.29, 0.717) is 0 Å². The van der Waals surface area contributed by atoms with Crippen LogP contribution in [0.3, 0.4) is 0 Å². The van der Waals surface area contributed by atoms with E-state index in [-0.39, 0.29) is 12.0 Å². The molecular weight excluding hydrogens is 364 g/mol. The molecular formula is C29H22O. The zero-order valence-corrected chi connectivity index (χ0v) is 16.8. The maximum atomic E-state index is 6.46. The van der Waals surface area contributed by atoms with Gasteiger partial charge in [0.05, 0.1) is 0 Å². The predicted molar refractivity (Wildman–Crippen MR) is 124 cm³/mol. The smallest absolute Gasteiger partial charge is 0.128 e. The monoisotopic (exact) mass is 386 g/mol. The van der Waals surface area contributed by atoms with Gasteiger partial charge in [-0.05, 0) is 69.3 Å². The van der Waals surface area contributed by atoms with Gasteiger partial charge in [0.1, 0.15) is 11.9 Å². The molecule has 0 bridgehead atoms. The van der Waals surface area contributed by atoms with E-state index < -0.39 is 0 Å². The molecule has 1 heterocycles. The first kappa shape index (κ1) is 16.5. The molecule has 30 heavy (non-hydrogen) atoms. The topological polar surface area (TPSA) is 9.23 Å². The number of benzene rings is 2. The van der Waals surface area contributed by atoms with Gasteiger partial charge in [0.25, 0.3) is 0 Å². The molecule has 2 atom stereocenters. The number of hydrogen-bond acceptors (Lipinski definition) is 1. The van der Waals surface area contributed by atoms with Crippen molar-refractivity contribution in [1.29, 1.82) is 0 Å². The van der Waals surface area contributed by atoms with E-state index in [1.54, 1.807) is 5.57 Å². The van der Waals surface area contributed by atoms with E-state index in [4.69, 9.17) is 4.74 Å². The van der Waals surface area contributed by atoms with Gasteiger partial charge in [0.15, 0.2) is 0 Å². The quantitative estimate of drug-likeness (QED) is 0.729. The average Bonchev–Trinajstić information content (AvgIpc) is 3.44. The van der Waals surface area contributed by atoms with Crippen LogP contribution in [-0.4, -0.2) is 6.10 Å². The fraction of sp³-hybridized carbons (Fsp3) is 0.172. The molecule has 2 aromatic rings. The lowest BCUT2D eigenvalue weighted by atomic mass is 9.81. The third-order valence-electron chi connectivity index (χ3n) is 7.15. The Kier molecular flexibility index (Phi) is 3.34. The standard InChI is InChI=1S/C29H22O/c1-2-7-20-18(5-1)11-13-24-22-9-4-10-26(25(22)15-14-23(20)24)29-17-27-21-8-3-6-19(21)12-16-28(27)30-29/h2-4,6-10,12-17,26,29H,1,5,11H2. The normalized spacial score (nSPS) is 23.7. The van der Waals surface area contributed by atoms with E-state index in [1.165, 1.54) is 56.0 Å². The fourth-order valence-electron chi connectivity index (χ4n) is 5.68. The van der Waals surface area contributed by atoms with Crippen molar-refractivity contribution in [2.24, 2.45) is 0 Å². The second-order valence-electron chi connectivity index (χ2n) is 8.73. The molecule has 0 spiro atoms. The van der Waals surface area contributed by atoms with Crippen LogP contribution in [-0.2, 0) is 0 Å². The van der Waals surface area contributed by atoms with E-state index in [0.717, 1.165) is 12.2 Å². The number of allylic oxidation sites excluding steroid dienone is 6. The summed E-state index contributed by atoms with van der Waals surface area (Å²) < 4.78 is 6.46. The van der Waals surface area contributed by atoms with Crippen LogP contribution >= 0.6 is 0 Å². The largest absolute Gasteiger partial charge is 0.485 e. The van der Waals surface area contributed by atoms with Crippen LogP contribution in [0.4, 0.5) is 0 Å². The molecule has 0 amide bonds. The minimum absolute atomic E-state index is 0.0372. The second-order valence-corrected chi connectivity index (χ2v) is 8.73. The summed E-state index contributed by atoms with van der Waals surface area (Å²) in [6, 6.07) is 8.96. The molecule has 2 unspecified atom stereocenters. The predicted octanol–water partition coefficient (Wildman–Crippen LogP) is 3.46. The summed E-state index contributed by atoms with van der Waals surface area (Å²) in [5.74, 6) is 1.24. The molecule has 5 aliphatic rings. The molecule has 0 saturated carbocycles. The van der Waals surface area contributed by atoms with Crippen molar-refractivity contribution < 1.29 is 4.74 Å². The first-order valence-electron chi connectivity index (χ1n) is 11.0. The highest BCUT2D eigenvalue weighted by Gasteiger charge is 2.28. The number of rotatable bonds is 1. The highest BCUT2D eigenvalue weighted by Crippen LogP contribution is 2.32. The van der Waals surface area contributed by atoms with Gasteiger partial charge in [0.2, 0.25) is 0 Å². The molecule has 0 saturated heterocycles. The molecule has 1 heteroatoms. The van der Waals surface area contributed by atoms with Gasteiger partial charge in [-0.15, -0.1) is 0 Å². The van der Waals surface area contributed by atoms with Crippen molar-refractivity contribution in [2.45, 2.75) is 31.3 Å². The SMILES string of the molecule is C1=Cc2ccc3c(c2=C1)=CC(C1C=CC=c2c1ccc1c2=CCC2=C1C=CCC2)O3. The van der Waals surface area contributed by atoms with Gasteiger partial charge in [-0.3, -0.25) is 0 Å². The summed E-state index contributed by atoms with van der Waals surface area (Å²) in [7, 11) is 0. The minimum atomic E-state index is 0.0372. The average molecular weight is 386 g/mol. The summed E-state index contributed by atoms with van der Waals surface area (Å²) in [6.07, 6.45) is 26.2. The van der Waals surface area contributed by atoms with Crippen LogP contribution in [0.5, 0.6) is 5.75 Å². The molecule has 0 N–H and O–H groups in total. The van der Waals surface area contributed by atoms with Crippen molar-refractivity contribution in [2.75, 3.05) is 0 Å². The second kappa shape index (κ2) is 6.09. The molecule has 0 fully saturated rings. The van der Waals surface area contributed by atoms with Crippen LogP contribution in [0, 0.1) is 0 Å². The molecule has 144 valence electrons. The third-order valence-corrected chi connectivity index (χ3v) is 7.15. The van der Waals surface area contributed by atoms with Gasteiger partial charge in [-0.1, -0.05) is 78.5 Å². The van der Waals surface area contributed by atoms with Crippen molar-refractivity contribution in [1.82, 2.24) is 0 Å². The van der Waals surface area contributed by atoms with Crippen LogP contribution in [0.2, 0.25) is 0 Å². The number of fused-ring (bicyclic) bond motifs is 7. The van der Waals surface area contributed by atoms with Gasteiger partial charge < -0.3 is 4.74 Å². The van der Waals surface area contributed by atoms with Crippen LogP contribution in [0.25, 0.3) is 36.0 Å². The zero-order valence-electron chi connectivity index (χ0n) is 16.8. The minimum Gasteiger partial charge on any atom is -0.485 e. The zero-order chi connectivity index (χ0) is 19.7. The molecule has 0 aromatic heterocycles. The Labute approximate surface area is 175 Å². The summed E-state index contributed by atoms with van der Waals surface area (Å²) in [5.41, 5.74) is 7.11. The molecule has 2 aromatic carbocycles. The molecule has 4 aliphatic carbocycles. The third kappa shape index (κ3) is 2.24. The first-order chi connectivity index (χ1) is 14.9. The Balaban J connectivity index is 1.36. The Morgan fingerprint density at radius 3 is 2.83 bits per heavy atom. The van der Waals surface area contributed by atoms with Crippen LogP contribution < -0.4 is 25.6 Å². The Morgan fingerprint density at radius 1 is 0.867 bits per heavy atom. The van der Waals surface area contributed by atoms with Crippen molar-refractivity contribution in [3.05, 3.63) is 97.8 Å². The molecule has 0 radical (unpaired) electrons. The van der Waals surface area contributed by atoms with Gasteiger partial charge in [-0.2, -0.15) is 0 Å². The summed E-state index contributed by atoms with van der Waals surface area (Å²) >= 11 is 0. The van der Waals surface area contributed by atoms with E-state index in [9.17, 15) is 0 Å². The van der Waals surface area contributed by atoms with Gasteiger partial charge >= 0.3 is 0 Å². The van der Waals surface area contributed by atoms with E-state index in [2.05, 4.69) is 85.0 Å². The highest BCUT2D eigenvalue weighted by molar-refractivity contribution is 5.82. The Bertz CT molecular complexity index is 1490. The van der Waals surface area contributed by atoms with Crippen LogP contribution in [0.15, 0.2) is 60.2 Å². The van der Waals surface area contributed by atoms with Crippen molar-refractivity contribution >= 4 is 36.0 Å². The van der Waals surface area contributed by atoms with E-state index >= 15 is 0 Å². The lowest BCUT2D eigenvalue weighted by Gasteiger charge is -2.26. The van der Waals surface area contributed by atoms with Gasteiger partial charge in [-0.25, -0.2) is 0 Å². The lowest BCUT2D eigenvalue weighted by Crippen LogP contribution is -2.37. The maximum Gasteiger partial charge on any atom is 0.128 e. The number of hydrogen-bond donors (Lipinski definition) is 0. The van der Waals surface area contributed by atoms with Crippen molar-refractivity contribution in [3.8, 4) is 5.75 Å². The van der Waals surface area contributed by atoms with E-state index in [1.807, 2.05) is 0 Å². The Hall–Kier alpha value is -3.32. The summed E-state index contributed by atoms with van der Waals surface area (Å²) in [6.45, 7) is 0. The van der Waals surface area contributed by atoms with Crippen LogP contribution in [0.1, 0.15) is 41.9 Å².